The molecular weight excluding hydrogens is 298 g/mol. The standard InChI is InChI=1S/C12H8BrN3O2/c13-7-1-2-8-6(5-14-9(8)4-7)3-10-11(17)16-12(18)15-10/h1-5,17H,(H2,15,16,18). The minimum Gasteiger partial charge on any atom is -0.493 e. The summed E-state index contributed by atoms with van der Waals surface area (Å²) in [6.07, 6.45) is 3.37. The third-order valence-corrected chi connectivity index (χ3v) is 3.14. The Labute approximate surface area is 110 Å². The van der Waals surface area contributed by atoms with Crippen LogP contribution in [0, 0.1) is 0 Å². The Morgan fingerprint density at radius 1 is 1.33 bits per heavy atom. The van der Waals surface area contributed by atoms with Gasteiger partial charge in [0.25, 0.3) is 0 Å². The zero-order valence-electron chi connectivity index (χ0n) is 9.07. The van der Waals surface area contributed by atoms with Gasteiger partial charge in [-0.3, -0.25) is 9.98 Å². The fraction of sp³-hybridized carbons (Fsp3) is 0. The van der Waals surface area contributed by atoms with Crippen LogP contribution in [0.25, 0.3) is 11.6 Å². The molecule has 6 heteroatoms. The topological polar surface area (TPSA) is 81.2 Å². The number of aromatic nitrogens is 2. The van der Waals surface area contributed by atoms with E-state index >= 15 is 0 Å². The molecule has 1 aliphatic heterocycles. The second-order valence-electron chi connectivity index (χ2n) is 3.86. The van der Waals surface area contributed by atoms with Gasteiger partial charge in [-0.05, 0) is 18.2 Å². The molecule has 0 unspecified atom stereocenters. The van der Waals surface area contributed by atoms with Crippen molar-refractivity contribution in [2.75, 3.05) is 0 Å². The Morgan fingerprint density at radius 2 is 2.17 bits per heavy atom. The Morgan fingerprint density at radius 3 is 2.89 bits per heavy atom. The van der Waals surface area contributed by atoms with E-state index < -0.39 is 5.69 Å². The molecule has 3 N–H and O–H groups in total. The molecule has 90 valence electrons. The van der Waals surface area contributed by atoms with Crippen LogP contribution in [-0.4, -0.2) is 21.3 Å². The lowest BCUT2D eigenvalue weighted by molar-refractivity contribution is 0.454. The van der Waals surface area contributed by atoms with Gasteiger partial charge in [0.05, 0.1) is 5.69 Å². The number of aliphatic imine (C=N–C) groups is 1. The van der Waals surface area contributed by atoms with Crippen molar-refractivity contribution in [2.45, 2.75) is 0 Å². The lowest BCUT2D eigenvalue weighted by Crippen LogP contribution is -2.00. The van der Waals surface area contributed by atoms with E-state index in [1.807, 2.05) is 18.2 Å². The van der Waals surface area contributed by atoms with Crippen LogP contribution in [0.2, 0.25) is 0 Å². The highest BCUT2D eigenvalue weighted by molar-refractivity contribution is 9.10. The van der Waals surface area contributed by atoms with Crippen LogP contribution in [0.5, 0.6) is 5.88 Å². The number of rotatable bonds is 1. The third-order valence-electron chi connectivity index (χ3n) is 2.65. The molecule has 2 heterocycles. The molecule has 0 amide bonds. The van der Waals surface area contributed by atoms with Crippen LogP contribution in [0.3, 0.4) is 0 Å². The van der Waals surface area contributed by atoms with Crippen molar-refractivity contribution in [1.82, 2.24) is 9.97 Å². The number of benzene rings is 1. The number of H-pyrrole nitrogens is 2. The van der Waals surface area contributed by atoms with E-state index in [9.17, 15) is 9.90 Å². The predicted molar refractivity (Wildman–Crippen MR) is 73.2 cm³/mol. The first-order valence-electron chi connectivity index (χ1n) is 5.20. The minimum atomic E-state index is -0.440. The van der Waals surface area contributed by atoms with E-state index in [-0.39, 0.29) is 5.88 Å². The van der Waals surface area contributed by atoms with Crippen molar-refractivity contribution < 1.29 is 5.11 Å². The second kappa shape index (κ2) is 3.99. The number of hydrogen-bond donors (Lipinski definition) is 3. The molecule has 1 aliphatic rings. The van der Waals surface area contributed by atoms with Crippen LogP contribution in [0.1, 0.15) is 11.3 Å². The Hall–Kier alpha value is -2.08. The number of nitrogens with one attached hydrogen (secondary N) is 2. The average Bonchev–Trinajstić information content (AvgIpc) is 2.84. The SMILES string of the molecule is O=c1[nH]c(O)c(C=C2C=Nc3cc(Br)ccc32)[nH]1. The van der Waals surface area contributed by atoms with E-state index in [1.165, 1.54) is 0 Å². The highest BCUT2D eigenvalue weighted by atomic mass is 79.9. The summed E-state index contributed by atoms with van der Waals surface area (Å²) in [6, 6.07) is 5.76. The van der Waals surface area contributed by atoms with Gasteiger partial charge in [0, 0.05) is 21.8 Å². The normalized spacial score (nSPS) is 15.3. The molecule has 5 nitrogen and oxygen atoms in total. The van der Waals surface area contributed by atoms with Gasteiger partial charge in [-0.1, -0.05) is 22.0 Å². The van der Waals surface area contributed by atoms with Gasteiger partial charge in [0.2, 0.25) is 5.88 Å². The summed E-state index contributed by atoms with van der Waals surface area (Å²) in [5.74, 6) is -0.175. The molecule has 3 rings (SSSR count). The number of nitrogens with zero attached hydrogens (tertiary/aromatic N) is 1. The van der Waals surface area contributed by atoms with E-state index in [2.05, 4.69) is 30.9 Å². The lowest BCUT2D eigenvalue weighted by Gasteiger charge is -1.99. The summed E-state index contributed by atoms with van der Waals surface area (Å²) >= 11 is 3.38. The number of halogens is 1. The Bertz CT molecular complexity index is 740. The molecule has 0 saturated heterocycles. The van der Waals surface area contributed by atoms with Crippen molar-refractivity contribution in [2.24, 2.45) is 4.99 Å². The van der Waals surface area contributed by atoms with Crippen LogP contribution in [0.4, 0.5) is 5.69 Å². The number of hydrogen-bond acceptors (Lipinski definition) is 3. The molecule has 0 saturated carbocycles. The van der Waals surface area contributed by atoms with Crippen LogP contribution < -0.4 is 5.69 Å². The summed E-state index contributed by atoms with van der Waals surface area (Å²) in [7, 11) is 0. The summed E-state index contributed by atoms with van der Waals surface area (Å²) in [4.78, 5) is 20.1. The highest BCUT2D eigenvalue weighted by Crippen LogP contribution is 2.34. The largest absolute Gasteiger partial charge is 0.493 e. The number of aromatic amines is 2. The fourth-order valence-corrected chi connectivity index (χ4v) is 2.18. The van der Waals surface area contributed by atoms with Gasteiger partial charge in [0.1, 0.15) is 5.69 Å². The van der Waals surface area contributed by atoms with E-state index in [1.54, 1.807) is 12.3 Å². The lowest BCUT2D eigenvalue weighted by atomic mass is 10.1. The maximum absolute atomic E-state index is 11.0. The summed E-state index contributed by atoms with van der Waals surface area (Å²) in [6.45, 7) is 0. The van der Waals surface area contributed by atoms with Crippen LogP contribution >= 0.6 is 15.9 Å². The maximum Gasteiger partial charge on any atom is 0.326 e. The Balaban J connectivity index is 2.09. The van der Waals surface area contributed by atoms with Gasteiger partial charge in [-0.2, -0.15) is 0 Å². The van der Waals surface area contributed by atoms with Crippen LogP contribution in [-0.2, 0) is 0 Å². The molecule has 1 aromatic carbocycles. The van der Waals surface area contributed by atoms with Gasteiger partial charge in [0.15, 0.2) is 0 Å². The average molecular weight is 306 g/mol. The number of imidazole rings is 1. The molecular formula is C12H8BrN3O2. The van der Waals surface area contributed by atoms with Crippen molar-refractivity contribution in [3.05, 3.63) is 44.4 Å². The fourth-order valence-electron chi connectivity index (χ4n) is 1.83. The van der Waals surface area contributed by atoms with Gasteiger partial charge < -0.3 is 10.1 Å². The van der Waals surface area contributed by atoms with E-state index in [0.29, 0.717) is 5.69 Å². The van der Waals surface area contributed by atoms with E-state index in [4.69, 9.17) is 0 Å². The molecule has 0 radical (unpaired) electrons. The molecule has 18 heavy (non-hydrogen) atoms. The number of aromatic hydroxyl groups is 1. The van der Waals surface area contributed by atoms with Crippen molar-refractivity contribution in [3.8, 4) is 5.88 Å². The maximum atomic E-state index is 11.0. The molecule has 2 aromatic rings. The minimum absolute atomic E-state index is 0.175. The highest BCUT2D eigenvalue weighted by Gasteiger charge is 2.13. The van der Waals surface area contributed by atoms with Crippen molar-refractivity contribution in [1.29, 1.82) is 0 Å². The van der Waals surface area contributed by atoms with E-state index in [0.717, 1.165) is 21.3 Å². The molecule has 0 aliphatic carbocycles. The Kier molecular flexibility index (Phi) is 2.45. The van der Waals surface area contributed by atoms with Crippen molar-refractivity contribution >= 4 is 39.5 Å². The monoisotopic (exact) mass is 305 g/mol. The first-order valence-corrected chi connectivity index (χ1v) is 6.00. The zero-order chi connectivity index (χ0) is 12.7. The summed E-state index contributed by atoms with van der Waals surface area (Å²) in [5, 5.41) is 9.50. The molecule has 0 spiro atoms. The van der Waals surface area contributed by atoms with Gasteiger partial charge in [-0.15, -0.1) is 0 Å². The first-order chi connectivity index (χ1) is 8.63. The molecule has 0 atom stereocenters. The summed E-state index contributed by atoms with van der Waals surface area (Å²) < 4.78 is 0.956. The molecule has 1 aromatic heterocycles. The smallest absolute Gasteiger partial charge is 0.326 e. The predicted octanol–water partition coefficient (Wildman–Crippen LogP) is 2.43. The van der Waals surface area contributed by atoms with Crippen LogP contribution in [0.15, 0.2) is 32.5 Å². The number of allylic oxidation sites excluding steroid dienone is 1. The molecule has 0 bridgehead atoms. The van der Waals surface area contributed by atoms with Gasteiger partial charge in [-0.25, -0.2) is 4.79 Å². The third kappa shape index (κ3) is 1.80. The number of fused-ring (bicyclic) bond motifs is 1. The second-order valence-corrected chi connectivity index (χ2v) is 4.78. The first kappa shape index (κ1) is 11.0. The zero-order valence-corrected chi connectivity index (χ0v) is 10.7. The van der Waals surface area contributed by atoms with Gasteiger partial charge >= 0.3 is 5.69 Å². The summed E-state index contributed by atoms with van der Waals surface area (Å²) in [5.41, 5.74) is 2.55. The quantitative estimate of drug-likeness (QED) is 0.756. The van der Waals surface area contributed by atoms with Crippen molar-refractivity contribution in [3.63, 3.8) is 0 Å². The molecule has 0 fully saturated rings.